The minimum absolute atomic E-state index is 0.159. The van der Waals surface area contributed by atoms with Gasteiger partial charge >= 0.3 is 5.97 Å². The van der Waals surface area contributed by atoms with Gasteiger partial charge in [-0.05, 0) is 37.3 Å². The summed E-state index contributed by atoms with van der Waals surface area (Å²) in [6, 6.07) is 8.15. The van der Waals surface area contributed by atoms with E-state index in [-0.39, 0.29) is 5.15 Å². The first-order valence-electron chi connectivity index (χ1n) is 7.49. The van der Waals surface area contributed by atoms with Crippen LogP contribution in [-0.2, 0) is 16.1 Å². The van der Waals surface area contributed by atoms with Gasteiger partial charge in [0.1, 0.15) is 5.52 Å². The lowest BCUT2D eigenvalue weighted by Gasteiger charge is -2.07. The van der Waals surface area contributed by atoms with Crippen LogP contribution in [0.15, 0.2) is 36.5 Å². The van der Waals surface area contributed by atoms with E-state index in [0.717, 1.165) is 5.52 Å². The highest BCUT2D eigenvalue weighted by molar-refractivity contribution is 6.32. The lowest BCUT2D eigenvalue weighted by molar-refractivity contribution is -0.119. The van der Waals surface area contributed by atoms with Gasteiger partial charge in [0.2, 0.25) is 0 Å². The molecule has 2 aromatic heterocycles. The van der Waals surface area contributed by atoms with E-state index < -0.39 is 18.5 Å². The van der Waals surface area contributed by atoms with Crippen molar-refractivity contribution in [2.24, 2.45) is 0 Å². The molecule has 1 N–H and O–H groups in total. The van der Waals surface area contributed by atoms with Gasteiger partial charge in [0.25, 0.3) is 5.91 Å². The molecule has 3 aromatic rings. The van der Waals surface area contributed by atoms with Gasteiger partial charge in [-0.25, -0.2) is 14.5 Å². The van der Waals surface area contributed by atoms with Crippen LogP contribution in [-0.4, -0.2) is 38.5 Å². The maximum atomic E-state index is 12.1. The number of fused-ring (bicyclic) bond motifs is 1. The predicted octanol–water partition coefficient (Wildman–Crippen LogP) is 2.30. The Morgan fingerprint density at radius 2 is 2.16 bits per heavy atom. The van der Waals surface area contributed by atoms with Crippen molar-refractivity contribution in [1.29, 1.82) is 0 Å². The normalized spacial score (nSPS) is 10.6. The number of halogens is 1. The maximum absolute atomic E-state index is 12.1. The van der Waals surface area contributed by atoms with Crippen LogP contribution in [0.5, 0.6) is 0 Å². The number of amides is 1. The minimum atomic E-state index is -0.625. The van der Waals surface area contributed by atoms with Crippen molar-refractivity contribution in [3.8, 4) is 0 Å². The van der Waals surface area contributed by atoms with Crippen molar-refractivity contribution in [2.75, 3.05) is 11.9 Å². The van der Waals surface area contributed by atoms with E-state index in [1.807, 2.05) is 6.92 Å². The third-order valence-corrected chi connectivity index (χ3v) is 3.72. The van der Waals surface area contributed by atoms with Crippen LogP contribution < -0.4 is 5.32 Å². The molecule has 0 fully saturated rings. The van der Waals surface area contributed by atoms with Crippen molar-refractivity contribution >= 4 is 40.2 Å². The zero-order valence-corrected chi connectivity index (χ0v) is 14.0. The second kappa shape index (κ2) is 7.27. The van der Waals surface area contributed by atoms with Crippen LogP contribution in [0.3, 0.4) is 0 Å². The third kappa shape index (κ3) is 3.74. The largest absolute Gasteiger partial charge is 0.452 e. The summed E-state index contributed by atoms with van der Waals surface area (Å²) in [7, 11) is 0. The first-order chi connectivity index (χ1) is 12.1. The molecule has 0 bridgehead atoms. The molecule has 0 aliphatic rings. The lowest BCUT2D eigenvalue weighted by atomic mass is 10.2. The Hall–Kier alpha value is -3.00. The van der Waals surface area contributed by atoms with Crippen LogP contribution in [0, 0.1) is 0 Å². The minimum Gasteiger partial charge on any atom is -0.452 e. The number of hydrogen-bond donors (Lipinski definition) is 1. The molecule has 0 radical (unpaired) electrons. The van der Waals surface area contributed by atoms with Gasteiger partial charge in [-0.3, -0.25) is 4.79 Å². The third-order valence-electron chi connectivity index (χ3n) is 3.42. The monoisotopic (exact) mass is 359 g/mol. The Kier molecular flexibility index (Phi) is 4.90. The zero-order chi connectivity index (χ0) is 17.8. The summed E-state index contributed by atoms with van der Waals surface area (Å²) in [5.74, 6) is -1.14. The molecule has 25 heavy (non-hydrogen) atoms. The van der Waals surface area contributed by atoms with Crippen molar-refractivity contribution in [2.45, 2.75) is 13.5 Å². The molecule has 1 aromatic carbocycles. The molecule has 2 heterocycles. The van der Waals surface area contributed by atoms with E-state index in [1.54, 1.807) is 35.0 Å². The number of aromatic nitrogens is 4. The lowest BCUT2D eigenvalue weighted by Crippen LogP contribution is -2.21. The number of ether oxygens (including phenoxy) is 1. The second-order valence-electron chi connectivity index (χ2n) is 5.07. The van der Waals surface area contributed by atoms with Crippen LogP contribution in [0.4, 0.5) is 5.69 Å². The van der Waals surface area contributed by atoms with Crippen molar-refractivity contribution in [3.05, 3.63) is 47.2 Å². The number of esters is 1. The Balaban J connectivity index is 1.62. The van der Waals surface area contributed by atoms with Gasteiger partial charge in [0.05, 0.1) is 16.8 Å². The summed E-state index contributed by atoms with van der Waals surface area (Å²) in [6.07, 6.45) is 1.50. The fourth-order valence-electron chi connectivity index (χ4n) is 2.21. The van der Waals surface area contributed by atoms with E-state index in [9.17, 15) is 9.59 Å². The van der Waals surface area contributed by atoms with E-state index in [2.05, 4.69) is 20.6 Å². The van der Waals surface area contributed by atoms with Crippen LogP contribution >= 0.6 is 11.6 Å². The predicted molar refractivity (Wildman–Crippen MR) is 91.4 cm³/mol. The SMILES string of the molecule is CCn1nnc2cc(C(=O)OCC(=O)Nc3cccnc3Cl)ccc21. The molecule has 0 unspecified atom stereocenters. The van der Waals surface area contributed by atoms with E-state index in [4.69, 9.17) is 16.3 Å². The Labute approximate surface area is 147 Å². The van der Waals surface area contributed by atoms with Crippen LogP contribution in [0.2, 0.25) is 5.15 Å². The average molecular weight is 360 g/mol. The topological polar surface area (TPSA) is 99.0 Å². The molecule has 8 nitrogen and oxygen atoms in total. The van der Waals surface area contributed by atoms with E-state index in [1.165, 1.54) is 6.20 Å². The van der Waals surface area contributed by atoms with Crippen molar-refractivity contribution < 1.29 is 14.3 Å². The average Bonchev–Trinajstić information content (AvgIpc) is 3.04. The summed E-state index contributed by atoms with van der Waals surface area (Å²) in [5, 5.41) is 10.7. The number of carbonyl (C=O) groups excluding carboxylic acids is 2. The van der Waals surface area contributed by atoms with E-state index >= 15 is 0 Å². The maximum Gasteiger partial charge on any atom is 0.338 e. The molecular formula is C16H14ClN5O3. The number of anilines is 1. The molecule has 0 aliphatic carbocycles. The number of hydrogen-bond acceptors (Lipinski definition) is 6. The zero-order valence-electron chi connectivity index (χ0n) is 13.3. The van der Waals surface area contributed by atoms with Crippen LogP contribution in [0.25, 0.3) is 11.0 Å². The van der Waals surface area contributed by atoms with Gasteiger partial charge in [-0.2, -0.15) is 0 Å². The number of benzene rings is 1. The Bertz CT molecular complexity index is 940. The highest BCUT2D eigenvalue weighted by atomic mass is 35.5. The molecule has 0 spiro atoms. The van der Waals surface area contributed by atoms with Gasteiger partial charge in [-0.1, -0.05) is 16.8 Å². The van der Waals surface area contributed by atoms with Gasteiger partial charge in [-0.15, -0.1) is 5.10 Å². The quantitative estimate of drug-likeness (QED) is 0.554. The number of aryl methyl sites for hydroxylation is 1. The summed E-state index contributed by atoms with van der Waals surface area (Å²) in [6.45, 7) is 2.19. The highest BCUT2D eigenvalue weighted by Gasteiger charge is 2.13. The first-order valence-corrected chi connectivity index (χ1v) is 7.87. The highest BCUT2D eigenvalue weighted by Crippen LogP contribution is 2.17. The van der Waals surface area contributed by atoms with Crippen molar-refractivity contribution in [3.63, 3.8) is 0 Å². The molecule has 128 valence electrons. The van der Waals surface area contributed by atoms with Crippen molar-refractivity contribution in [1.82, 2.24) is 20.0 Å². The number of pyridine rings is 1. The first kappa shape index (κ1) is 16.8. The molecule has 0 aliphatic heterocycles. The Morgan fingerprint density at radius 3 is 2.92 bits per heavy atom. The number of rotatable bonds is 5. The standard InChI is InChI=1S/C16H14ClN5O3/c1-2-22-13-6-5-10(8-12(13)20-21-22)16(24)25-9-14(23)19-11-4-3-7-18-15(11)17/h3-8H,2,9H2,1H3,(H,19,23). The molecule has 9 heteroatoms. The summed E-state index contributed by atoms with van der Waals surface area (Å²) < 4.78 is 6.73. The molecular weight excluding hydrogens is 346 g/mol. The van der Waals surface area contributed by atoms with Crippen LogP contribution in [0.1, 0.15) is 17.3 Å². The van der Waals surface area contributed by atoms with Gasteiger partial charge in [0.15, 0.2) is 11.8 Å². The number of carbonyl (C=O) groups is 2. The molecule has 3 rings (SSSR count). The molecule has 0 saturated heterocycles. The fourth-order valence-corrected chi connectivity index (χ4v) is 2.38. The second-order valence-corrected chi connectivity index (χ2v) is 5.43. The molecule has 0 saturated carbocycles. The summed E-state index contributed by atoms with van der Waals surface area (Å²) >= 11 is 5.85. The number of nitrogens with zero attached hydrogens (tertiary/aromatic N) is 4. The summed E-state index contributed by atoms with van der Waals surface area (Å²) in [4.78, 5) is 27.8. The molecule has 0 atom stereocenters. The smallest absolute Gasteiger partial charge is 0.338 e. The van der Waals surface area contributed by atoms with Gasteiger partial charge in [0, 0.05) is 12.7 Å². The Morgan fingerprint density at radius 1 is 1.32 bits per heavy atom. The van der Waals surface area contributed by atoms with E-state index in [0.29, 0.717) is 23.3 Å². The fraction of sp³-hybridized carbons (Fsp3) is 0.188. The molecule has 1 amide bonds. The number of nitrogens with one attached hydrogen (secondary N) is 1. The summed E-state index contributed by atoms with van der Waals surface area (Å²) in [5.41, 5.74) is 2.05. The van der Waals surface area contributed by atoms with Gasteiger partial charge < -0.3 is 10.1 Å².